The van der Waals surface area contributed by atoms with Crippen molar-refractivity contribution in [3.8, 4) is 22.4 Å². The van der Waals surface area contributed by atoms with Gasteiger partial charge in [0.1, 0.15) is 16.5 Å². The van der Waals surface area contributed by atoms with E-state index in [-0.39, 0.29) is 37.6 Å². The quantitative estimate of drug-likeness (QED) is 0.358. The van der Waals surface area contributed by atoms with E-state index in [2.05, 4.69) is 4.98 Å². The normalized spacial score (nSPS) is 10.9. The molecule has 0 saturated heterocycles. The fraction of sp³-hybridized carbons (Fsp3) is 0.190. The summed E-state index contributed by atoms with van der Waals surface area (Å²) in [4.78, 5) is 30.1. The third-order valence-corrected chi connectivity index (χ3v) is 5.62. The number of aromatic nitrogens is 2. The topological polar surface area (TPSA) is 61.2 Å². The van der Waals surface area contributed by atoms with Crippen LogP contribution in [0.3, 0.4) is 0 Å². The molecule has 0 atom stereocenters. The molecule has 156 valence electrons. The van der Waals surface area contributed by atoms with Gasteiger partial charge in [0.2, 0.25) is 5.43 Å². The number of methoxy groups -OCH3 is 1. The summed E-state index contributed by atoms with van der Waals surface area (Å²) in [5.41, 5.74) is 0.264. The van der Waals surface area contributed by atoms with Gasteiger partial charge in [-0.2, -0.15) is 0 Å². The average Bonchev–Trinajstić information content (AvgIpc) is 2.70. The number of rotatable bonds is 4. The molecule has 0 aliphatic rings. The van der Waals surface area contributed by atoms with Gasteiger partial charge in [0, 0.05) is 34.6 Å². The molecule has 2 heterocycles. The highest BCUT2D eigenvalue weighted by Gasteiger charge is 2.28. The lowest BCUT2D eigenvalue weighted by atomic mass is 9.96. The number of ether oxygens (including phenoxy) is 1. The molecule has 2 aromatic heterocycles. The van der Waals surface area contributed by atoms with Crippen molar-refractivity contribution in [2.75, 3.05) is 7.11 Å². The highest BCUT2D eigenvalue weighted by atomic mass is 35.5. The Morgan fingerprint density at radius 2 is 1.93 bits per heavy atom. The van der Waals surface area contributed by atoms with Crippen LogP contribution in [0.4, 0.5) is 4.39 Å². The molecule has 0 spiro atoms. The second-order valence-electron chi connectivity index (χ2n) is 6.37. The van der Waals surface area contributed by atoms with Crippen molar-refractivity contribution in [2.45, 2.75) is 20.4 Å². The molecule has 0 bridgehead atoms. The molecule has 0 amide bonds. The Balaban J connectivity index is 2.49. The average molecular weight is 470 g/mol. The van der Waals surface area contributed by atoms with E-state index in [1.807, 2.05) is 6.92 Å². The highest BCUT2D eigenvalue weighted by molar-refractivity contribution is 6.41. The Morgan fingerprint density at radius 1 is 1.23 bits per heavy atom. The maximum Gasteiger partial charge on any atom is 0.344 e. The van der Waals surface area contributed by atoms with Crippen molar-refractivity contribution in [1.82, 2.24) is 9.55 Å². The molecular formula is C21H16Cl3FN2O3. The summed E-state index contributed by atoms with van der Waals surface area (Å²) in [7, 11) is 1.16. The number of nitrogens with zero attached hydrogens (tertiary/aromatic N) is 2. The van der Waals surface area contributed by atoms with Crippen LogP contribution in [0, 0.1) is 12.7 Å². The molecule has 0 N–H and O–H groups in total. The van der Waals surface area contributed by atoms with E-state index in [9.17, 15) is 14.0 Å². The van der Waals surface area contributed by atoms with Crippen LogP contribution in [0.25, 0.3) is 22.4 Å². The van der Waals surface area contributed by atoms with Crippen LogP contribution in [-0.2, 0) is 11.3 Å². The zero-order valence-corrected chi connectivity index (χ0v) is 18.5. The molecular weight excluding hydrogens is 454 g/mol. The molecule has 30 heavy (non-hydrogen) atoms. The van der Waals surface area contributed by atoms with Gasteiger partial charge in [-0.15, -0.1) is 0 Å². The van der Waals surface area contributed by atoms with Crippen LogP contribution in [0.2, 0.25) is 15.2 Å². The molecule has 3 aromatic rings. The fourth-order valence-electron chi connectivity index (χ4n) is 3.38. The minimum atomic E-state index is -0.862. The predicted molar refractivity (Wildman–Crippen MR) is 116 cm³/mol. The van der Waals surface area contributed by atoms with Crippen molar-refractivity contribution < 1.29 is 13.9 Å². The maximum atomic E-state index is 14.7. The van der Waals surface area contributed by atoms with Crippen molar-refractivity contribution in [3.05, 3.63) is 73.0 Å². The Labute approximate surface area is 187 Å². The number of carbonyl (C=O) groups is 1. The molecule has 0 fully saturated rings. The van der Waals surface area contributed by atoms with Gasteiger partial charge in [-0.1, -0.05) is 34.8 Å². The second-order valence-corrected chi connectivity index (χ2v) is 7.57. The summed E-state index contributed by atoms with van der Waals surface area (Å²) in [5.74, 6) is -1.54. The first kappa shape index (κ1) is 22.3. The van der Waals surface area contributed by atoms with Crippen LogP contribution < -0.4 is 5.43 Å². The smallest absolute Gasteiger partial charge is 0.344 e. The molecule has 0 radical (unpaired) electrons. The highest BCUT2D eigenvalue weighted by Crippen LogP contribution is 2.33. The van der Waals surface area contributed by atoms with Gasteiger partial charge < -0.3 is 9.30 Å². The van der Waals surface area contributed by atoms with Gasteiger partial charge in [0.15, 0.2) is 0 Å². The fourth-order valence-corrected chi connectivity index (χ4v) is 3.81. The summed E-state index contributed by atoms with van der Waals surface area (Å²) in [5, 5.41) is 0.434. The molecule has 0 saturated carbocycles. The first-order valence-corrected chi connectivity index (χ1v) is 9.97. The predicted octanol–water partition coefficient (Wildman–Crippen LogP) is 5.79. The number of carbonyl (C=O) groups excluding carboxylic acids is 1. The van der Waals surface area contributed by atoms with E-state index in [1.54, 1.807) is 11.5 Å². The van der Waals surface area contributed by atoms with E-state index in [4.69, 9.17) is 39.5 Å². The summed E-state index contributed by atoms with van der Waals surface area (Å²) in [6.45, 7) is 3.87. The van der Waals surface area contributed by atoms with Crippen molar-refractivity contribution >= 4 is 40.8 Å². The number of benzene rings is 1. The molecule has 3 rings (SSSR count). The number of pyridine rings is 2. The van der Waals surface area contributed by atoms with Crippen LogP contribution in [0.5, 0.6) is 0 Å². The number of halogens is 4. The molecule has 0 unspecified atom stereocenters. The van der Waals surface area contributed by atoms with Gasteiger partial charge in [0.25, 0.3) is 0 Å². The Kier molecular flexibility index (Phi) is 6.50. The molecule has 5 nitrogen and oxygen atoms in total. The minimum absolute atomic E-state index is 0.0352. The van der Waals surface area contributed by atoms with Gasteiger partial charge in [0.05, 0.1) is 23.4 Å². The maximum absolute atomic E-state index is 14.7. The van der Waals surface area contributed by atoms with Gasteiger partial charge in [-0.3, -0.25) is 4.79 Å². The Hall–Kier alpha value is -2.41. The van der Waals surface area contributed by atoms with E-state index in [1.165, 1.54) is 24.4 Å². The Bertz CT molecular complexity index is 1230. The van der Waals surface area contributed by atoms with E-state index < -0.39 is 17.2 Å². The zero-order chi connectivity index (χ0) is 22.2. The Morgan fingerprint density at radius 3 is 2.50 bits per heavy atom. The second kappa shape index (κ2) is 8.76. The van der Waals surface area contributed by atoms with E-state index >= 15 is 0 Å². The van der Waals surface area contributed by atoms with Crippen molar-refractivity contribution in [2.24, 2.45) is 0 Å². The van der Waals surface area contributed by atoms with Crippen LogP contribution in [0.1, 0.15) is 23.0 Å². The lowest BCUT2D eigenvalue weighted by Gasteiger charge is -2.22. The molecule has 0 aliphatic heterocycles. The summed E-state index contributed by atoms with van der Waals surface area (Å²) in [6.07, 6.45) is 1.41. The first-order valence-electron chi connectivity index (χ1n) is 8.83. The van der Waals surface area contributed by atoms with Crippen molar-refractivity contribution in [1.29, 1.82) is 0 Å². The molecule has 9 heteroatoms. The van der Waals surface area contributed by atoms with Crippen LogP contribution >= 0.6 is 34.8 Å². The minimum Gasteiger partial charge on any atom is -0.465 e. The SMILES string of the molecule is CCn1c(C)c(-c2ccc(Cl)cc2F)c(=O)c(C(=O)OC)c1-c1cnc(Cl)c(Cl)c1. The molecule has 0 aliphatic carbocycles. The monoisotopic (exact) mass is 468 g/mol. The number of hydrogen-bond donors (Lipinski definition) is 0. The lowest BCUT2D eigenvalue weighted by molar-refractivity contribution is 0.0599. The lowest BCUT2D eigenvalue weighted by Crippen LogP contribution is -2.26. The third-order valence-electron chi connectivity index (χ3n) is 4.70. The largest absolute Gasteiger partial charge is 0.465 e. The standard InChI is InChI=1S/C21H16Cl3FN2O3/c1-4-27-10(2)16(13-6-5-12(22)8-15(13)25)19(28)17(21(29)30-3)18(27)11-7-14(23)20(24)26-9-11/h5-9H,4H2,1-3H3. The van der Waals surface area contributed by atoms with Gasteiger partial charge >= 0.3 is 5.97 Å². The van der Waals surface area contributed by atoms with Gasteiger partial charge in [-0.05, 0) is 38.1 Å². The van der Waals surface area contributed by atoms with E-state index in [0.29, 0.717) is 17.8 Å². The first-order chi connectivity index (χ1) is 14.2. The summed E-state index contributed by atoms with van der Waals surface area (Å²) < 4.78 is 21.2. The summed E-state index contributed by atoms with van der Waals surface area (Å²) >= 11 is 17.9. The van der Waals surface area contributed by atoms with Crippen molar-refractivity contribution in [3.63, 3.8) is 0 Å². The third kappa shape index (κ3) is 3.83. The van der Waals surface area contributed by atoms with Crippen LogP contribution in [0.15, 0.2) is 35.3 Å². The summed E-state index contributed by atoms with van der Waals surface area (Å²) in [6, 6.07) is 5.50. The number of hydrogen-bond acceptors (Lipinski definition) is 4. The molecule has 1 aromatic carbocycles. The number of esters is 1. The zero-order valence-electron chi connectivity index (χ0n) is 16.2. The van der Waals surface area contributed by atoms with E-state index in [0.717, 1.165) is 13.2 Å². The van der Waals surface area contributed by atoms with Crippen LogP contribution in [-0.4, -0.2) is 22.6 Å². The van der Waals surface area contributed by atoms with Gasteiger partial charge in [-0.25, -0.2) is 14.2 Å².